The number of sulfone groups is 1. The number of hydrogen-bond acceptors (Lipinski definition) is 2. The van der Waals surface area contributed by atoms with Gasteiger partial charge in [0, 0.05) is 5.02 Å². The fourth-order valence-electron chi connectivity index (χ4n) is 2.00. The van der Waals surface area contributed by atoms with Gasteiger partial charge in [-0.3, -0.25) is 0 Å². The molecule has 0 aromatic heterocycles. The van der Waals surface area contributed by atoms with Gasteiger partial charge in [0.2, 0.25) is 0 Å². The van der Waals surface area contributed by atoms with Crippen LogP contribution in [0.3, 0.4) is 0 Å². The van der Waals surface area contributed by atoms with Crippen molar-refractivity contribution in [2.24, 2.45) is 0 Å². The van der Waals surface area contributed by atoms with Gasteiger partial charge in [0.05, 0.1) is 11.4 Å². The van der Waals surface area contributed by atoms with E-state index in [-0.39, 0.29) is 11.4 Å². The molecule has 6 heteroatoms. The minimum absolute atomic E-state index is 0.0764. The molecule has 3 nitrogen and oxygen atoms in total. The molecule has 0 heterocycles. The molecule has 0 saturated heterocycles. The first-order valence-electron chi connectivity index (χ1n) is 5.99. The lowest BCUT2D eigenvalue weighted by atomic mass is 10.1. The van der Waals surface area contributed by atoms with Gasteiger partial charge in [0.25, 0.3) is 0 Å². The van der Waals surface area contributed by atoms with E-state index in [2.05, 4.69) is 5.73 Å². The van der Waals surface area contributed by atoms with Crippen LogP contribution in [-0.4, -0.2) is 15.0 Å². The second-order valence-electron chi connectivity index (χ2n) is 4.33. The zero-order chi connectivity index (χ0) is 14.8. The van der Waals surface area contributed by atoms with Crippen molar-refractivity contribution in [2.75, 3.05) is 6.54 Å². The highest BCUT2D eigenvalue weighted by atomic mass is 35.5. The number of benzene rings is 2. The Labute approximate surface area is 122 Å². The molecule has 2 rings (SSSR count). The summed E-state index contributed by atoms with van der Waals surface area (Å²) in [5.74, 6) is -0.474. The first-order valence-corrected chi connectivity index (χ1v) is 7.92. The molecule has 1 atom stereocenters. The lowest BCUT2D eigenvalue weighted by Gasteiger charge is -2.15. The standard InChI is InChI=1S/C14H13ClFNO2S/c15-11-3-1-2-10(8-11)14(9-17)20(18,19)13-6-4-12(16)5-7-13/h1-8,14H,9,17H2/p+1/t14-/m0/s1. The van der Waals surface area contributed by atoms with Crippen LogP contribution in [0, 0.1) is 5.82 Å². The monoisotopic (exact) mass is 314 g/mol. The predicted molar refractivity (Wildman–Crippen MR) is 75.5 cm³/mol. The number of halogens is 2. The molecular formula is C14H14ClFNO2S+. The zero-order valence-electron chi connectivity index (χ0n) is 10.6. The lowest BCUT2D eigenvalue weighted by Crippen LogP contribution is -2.54. The average Bonchev–Trinajstić information content (AvgIpc) is 2.40. The minimum Gasteiger partial charge on any atom is -0.356 e. The highest BCUT2D eigenvalue weighted by Crippen LogP contribution is 2.29. The van der Waals surface area contributed by atoms with Crippen molar-refractivity contribution in [1.82, 2.24) is 0 Å². The van der Waals surface area contributed by atoms with Gasteiger partial charge in [0.1, 0.15) is 11.1 Å². The van der Waals surface area contributed by atoms with E-state index in [9.17, 15) is 12.8 Å². The molecule has 0 unspecified atom stereocenters. The molecule has 2 aromatic rings. The van der Waals surface area contributed by atoms with E-state index in [1.165, 1.54) is 12.1 Å². The Morgan fingerprint density at radius 1 is 1.15 bits per heavy atom. The maximum Gasteiger partial charge on any atom is 0.190 e. The normalized spacial score (nSPS) is 13.2. The van der Waals surface area contributed by atoms with Crippen LogP contribution in [0.25, 0.3) is 0 Å². The molecule has 0 aliphatic rings. The van der Waals surface area contributed by atoms with Crippen molar-refractivity contribution in [1.29, 1.82) is 0 Å². The molecule has 0 saturated carbocycles. The van der Waals surface area contributed by atoms with Gasteiger partial charge in [-0.05, 0) is 42.0 Å². The Hall–Kier alpha value is -1.43. The first-order chi connectivity index (χ1) is 9.45. The van der Waals surface area contributed by atoms with Gasteiger partial charge in [0.15, 0.2) is 9.84 Å². The third kappa shape index (κ3) is 3.00. The van der Waals surface area contributed by atoms with E-state index in [1.54, 1.807) is 24.3 Å². The van der Waals surface area contributed by atoms with Crippen molar-refractivity contribution >= 4 is 21.4 Å². The zero-order valence-corrected chi connectivity index (χ0v) is 12.2. The molecule has 2 aromatic carbocycles. The molecule has 0 aliphatic carbocycles. The maximum absolute atomic E-state index is 12.9. The van der Waals surface area contributed by atoms with E-state index in [0.29, 0.717) is 10.6 Å². The van der Waals surface area contributed by atoms with Crippen LogP contribution in [0.4, 0.5) is 4.39 Å². The third-order valence-corrected chi connectivity index (χ3v) is 5.42. The Kier molecular flexibility index (Phi) is 4.42. The fourth-order valence-corrected chi connectivity index (χ4v) is 3.85. The molecule has 106 valence electrons. The topological polar surface area (TPSA) is 61.8 Å². The van der Waals surface area contributed by atoms with E-state index in [0.717, 1.165) is 12.1 Å². The lowest BCUT2D eigenvalue weighted by molar-refractivity contribution is -0.367. The van der Waals surface area contributed by atoms with Crippen LogP contribution in [0.5, 0.6) is 0 Å². The molecule has 0 bridgehead atoms. The summed E-state index contributed by atoms with van der Waals surface area (Å²) in [6.45, 7) is 0.167. The van der Waals surface area contributed by atoms with E-state index in [4.69, 9.17) is 11.6 Å². The van der Waals surface area contributed by atoms with Crippen molar-refractivity contribution < 1.29 is 18.5 Å². The van der Waals surface area contributed by atoms with Gasteiger partial charge >= 0.3 is 0 Å². The molecule has 0 spiro atoms. The van der Waals surface area contributed by atoms with Gasteiger partial charge in [-0.15, -0.1) is 0 Å². The predicted octanol–water partition coefficient (Wildman–Crippen LogP) is 2.24. The molecule has 0 radical (unpaired) electrons. The average molecular weight is 315 g/mol. The second kappa shape index (κ2) is 5.91. The summed E-state index contributed by atoms with van der Waals surface area (Å²) in [6, 6.07) is 11.5. The van der Waals surface area contributed by atoms with E-state index < -0.39 is 20.9 Å². The first kappa shape index (κ1) is 15.0. The molecular weight excluding hydrogens is 301 g/mol. The Morgan fingerprint density at radius 3 is 2.35 bits per heavy atom. The number of quaternary nitrogens is 1. The van der Waals surface area contributed by atoms with Gasteiger partial charge in [-0.1, -0.05) is 23.7 Å². The molecule has 0 amide bonds. The van der Waals surface area contributed by atoms with Crippen LogP contribution in [0.1, 0.15) is 10.8 Å². The van der Waals surface area contributed by atoms with Crippen LogP contribution in [0.15, 0.2) is 53.4 Å². The summed E-state index contributed by atoms with van der Waals surface area (Å²) in [5, 5.41) is -0.332. The smallest absolute Gasteiger partial charge is 0.190 e. The highest BCUT2D eigenvalue weighted by molar-refractivity contribution is 7.91. The highest BCUT2D eigenvalue weighted by Gasteiger charge is 2.29. The second-order valence-corrected chi connectivity index (χ2v) is 6.90. The summed E-state index contributed by atoms with van der Waals surface area (Å²) < 4.78 is 38.1. The van der Waals surface area contributed by atoms with Gasteiger partial charge in [-0.25, -0.2) is 12.8 Å². The molecule has 0 fully saturated rings. The van der Waals surface area contributed by atoms with Crippen molar-refractivity contribution in [3.63, 3.8) is 0 Å². The minimum atomic E-state index is -3.63. The van der Waals surface area contributed by atoms with Crippen LogP contribution in [0.2, 0.25) is 5.02 Å². The summed E-state index contributed by atoms with van der Waals surface area (Å²) >= 11 is 5.90. The molecule has 3 N–H and O–H groups in total. The van der Waals surface area contributed by atoms with Crippen molar-refractivity contribution in [3.05, 3.63) is 64.9 Å². The van der Waals surface area contributed by atoms with E-state index >= 15 is 0 Å². The fraction of sp³-hybridized carbons (Fsp3) is 0.143. The van der Waals surface area contributed by atoms with Crippen molar-refractivity contribution in [2.45, 2.75) is 10.1 Å². The summed E-state index contributed by atoms with van der Waals surface area (Å²) in [7, 11) is -3.63. The summed E-state index contributed by atoms with van der Waals surface area (Å²) in [4.78, 5) is 0.0764. The molecule has 0 aliphatic heterocycles. The third-order valence-electron chi connectivity index (χ3n) is 3.00. The van der Waals surface area contributed by atoms with Crippen LogP contribution in [-0.2, 0) is 9.84 Å². The van der Waals surface area contributed by atoms with Gasteiger partial charge < -0.3 is 5.73 Å². The maximum atomic E-state index is 12.9. The molecule has 20 heavy (non-hydrogen) atoms. The van der Waals surface area contributed by atoms with E-state index in [1.807, 2.05) is 0 Å². The summed E-state index contributed by atoms with van der Waals surface area (Å²) in [5.41, 5.74) is 4.29. The van der Waals surface area contributed by atoms with Crippen molar-refractivity contribution in [3.8, 4) is 0 Å². The summed E-state index contributed by atoms with van der Waals surface area (Å²) in [6.07, 6.45) is 0. The number of hydrogen-bond donors (Lipinski definition) is 1. The van der Waals surface area contributed by atoms with Gasteiger partial charge in [-0.2, -0.15) is 0 Å². The van der Waals surface area contributed by atoms with Crippen LogP contribution >= 0.6 is 11.6 Å². The SMILES string of the molecule is [NH3+]C[C@@H](c1cccc(Cl)c1)S(=O)(=O)c1ccc(F)cc1. The quantitative estimate of drug-likeness (QED) is 0.880. The Bertz CT molecular complexity index is 701. The van der Waals surface area contributed by atoms with Crippen LogP contribution < -0.4 is 5.73 Å². The largest absolute Gasteiger partial charge is 0.356 e. The number of rotatable bonds is 4. The Balaban J connectivity index is 2.47. The Morgan fingerprint density at radius 2 is 1.80 bits per heavy atom.